The molecule has 3 aromatic carbocycles. The van der Waals surface area contributed by atoms with Gasteiger partial charge in [-0.3, -0.25) is 4.79 Å². The molecule has 0 saturated heterocycles. The molecule has 0 amide bonds. The average molecular weight is 413 g/mol. The zero-order valence-corrected chi connectivity index (χ0v) is 17.2. The SMILES string of the molecule is CCc1cccc2c(C(=O)COC(=O)C(O)(c3ccccc3)c3ccccc3)c[nH]c12. The van der Waals surface area contributed by atoms with Gasteiger partial charge < -0.3 is 14.8 Å². The van der Waals surface area contributed by atoms with Crippen LogP contribution in [0.3, 0.4) is 0 Å². The number of benzene rings is 3. The lowest BCUT2D eigenvalue weighted by Crippen LogP contribution is -2.39. The fraction of sp³-hybridized carbons (Fsp3) is 0.154. The number of carbonyl (C=O) groups excluding carboxylic acids is 2. The molecule has 31 heavy (non-hydrogen) atoms. The number of Topliss-reactive ketones (excluding diaryl/α,β-unsaturated/α-hetero) is 1. The van der Waals surface area contributed by atoms with Crippen molar-refractivity contribution >= 4 is 22.7 Å². The maximum Gasteiger partial charge on any atom is 0.348 e. The molecule has 156 valence electrons. The highest BCUT2D eigenvalue weighted by molar-refractivity contribution is 6.09. The standard InChI is InChI=1S/C26H23NO4/c1-2-18-10-9-15-21-22(16-27-24(18)21)23(28)17-31-25(29)26(30,19-11-5-3-6-12-19)20-13-7-4-8-14-20/h3-16,27,30H,2,17H2,1H3. The minimum Gasteiger partial charge on any atom is -0.455 e. The number of esters is 1. The van der Waals surface area contributed by atoms with Gasteiger partial charge >= 0.3 is 5.97 Å². The Morgan fingerprint density at radius 2 is 1.52 bits per heavy atom. The van der Waals surface area contributed by atoms with E-state index < -0.39 is 18.2 Å². The van der Waals surface area contributed by atoms with Gasteiger partial charge in [0.15, 0.2) is 6.61 Å². The van der Waals surface area contributed by atoms with Crippen molar-refractivity contribution in [2.24, 2.45) is 0 Å². The van der Waals surface area contributed by atoms with Crippen molar-refractivity contribution in [2.75, 3.05) is 6.61 Å². The molecule has 0 fully saturated rings. The number of ketones is 1. The van der Waals surface area contributed by atoms with E-state index in [2.05, 4.69) is 4.98 Å². The third kappa shape index (κ3) is 3.76. The monoisotopic (exact) mass is 413 g/mol. The number of rotatable bonds is 7. The first-order valence-electron chi connectivity index (χ1n) is 10.2. The smallest absolute Gasteiger partial charge is 0.348 e. The second-order valence-electron chi connectivity index (χ2n) is 7.34. The summed E-state index contributed by atoms with van der Waals surface area (Å²) in [5.41, 5.74) is 1.21. The lowest BCUT2D eigenvalue weighted by Gasteiger charge is -2.26. The van der Waals surface area contributed by atoms with Crippen LogP contribution >= 0.6 is 0 Å². The number of aliphatic hydroxyl groups is 1. The Bertz CT molecular complexity index is 1170. The van der Waals surface area contributed by atoms with Crippen LogP contribution in [0.15, 0.2) is 85.1 Å². The molecule has 5 nitrogen and oxygen atoms in total. The zero-order valence-electron chi connectivity index (χ0n) is 17.2. The summed E-state index contributed by atoms with van der Waals surface area (Å²) in [6.07, 6.45) is 2.47. The highest BCUT2D eigenvalue weighted by Gasteiger charge is 2.41. The van der Waals surface area contributed by atoms with E-state index in [0.717, 1.165) is 22.9 Å². The Morgan fingerprint density at radius 3 is 2.10 bits per heavy atom. The van der Waals surface area contributed by atoms with E-state index in [1.165, 1.54) is 0 Å². The largest absolute Gasteiger partial charge is 0.455 e. The molecule has 0 aliphatic heterocycles. The summed E-state index contributed by atoms with van der Waals surface area (Å²) in [6, 6.07) is 22.9. The minimum atomic E-state index is -2.02. The zero-order chi connectivity index (χ0) is 21.8. The number of hydrogen-bond acceptors (Lipinski definition) is 4. The van der Waals surface area contributed by atoms with Crippen molar-refractivity contribution in [1.82, 2.24) is 4.98 Å². The van der Waals surface area contributed by atoms with E-state index in [-0.39, 0.29) is 5.78 Å². The highest BCUT2D eigenvalue weighted by Crippen LogP contribution is 2.31. The fourth-order valence-electron chi connectivity index (χ4n) is 3.82. The van der Waals surface area contributed by atoms with Gasteiger partial charge in [0.05, 0.1) is 0 Å². The van der Waals surface area contributed by atoms with E-state index in [4.69, 9.17) is 4.74 Å². The van der Waals surface area contributed by atoms with Crippen LogP contribution in [0.1, 0.15) is 34.0 Å². The number of aryl methyl sites for hydroxylation is 1. The van der Waals surface area contributed by atoms with Crippen molar-refractivity contribution in [3.8, 4) is 0 Å². The number of aromatic amines is 1. The lowest BCUT2D eigenvalue weighted by atomic mass is 9.86. The molecule has 4 rings (SSSR count). The molecule has 0 aliphatic carbocycles. The molecule has 0 radical (unpaired) electrons. The van der Waals surface area contributed by atoms with Crippen LogP contribution in [0.4, 0.5) is 0 Å². The van der Waals surface area contributed by atoms with Crippen LogP contribution < -0.4 is 0 Å². The van der Waals surface area contributed by atoms with Gasteiger partial charge in [0, 0.05) is 22.7 Å². The highest BCUT2D eigenvalue weighted by atomic mass is 16.6. The van der Waals surface area contributed by atoms with Crippen LogP contribution in [0.5, 0.6) is 0 Å². The number of para-hydroxylation sites is 1. The summed E-state index contributed by atoms with van der Waals surface area (Å²) in [7, 11) is 0. The van der Waals surface area contributed by atoms with Crippen molar-refractivity contribution in [3.05, 3.63) is 107 Å². The Balaban J connectivity index is 1.60. The lowest BCUT2D eigenvalue weighted by molar-refractivity contribution is -0.160. The number of ether oxygens (including phenoxy) is 1. The Labute approximate surface area is 180 Å². The number of H-pyrrole nitrogens is 1. The molecule has 0 aliphatic rings. The quantitative estimate of drug-likeness (QED) is 0.348. The van der Waals surface area contributed by atoms with Crippen molar-refractivity contribution in [1.29, 1.82) is 0 Å². The van der Waals surface area contributed by atoms with Gasteiger partial charge in [-0.25, -0.2) is 4.79 Å². The first-order valence-corrected chi connectivity index (χ1v) is 10.2. The summed E-state index contributed by atoms with van der Waals surface area (Å²) in [4.78, 5) is 29.1. The van der Waals surface area contributed by atoms with Crippen LogP contribution in [0.2, 0.25) is 0 Å². The predicted molar refractivity (Wildman–Crippen MR) is 119 cm³/mol. The number of fused-ring (bicyclic) bond motifs is 1. The summed E-state index contributed by atoms with van der Waals surface area (Å²) >= 11 is 0. The number of carbonyl (C=O) groups is 2. The molecule has 4 aromatic rings. The van der Waals surface area contributed by atoms with E-state index >= 15 is 0 Å². The Morgan fingerprint density at radius 1 is 0.903 bits per heavy atom. The maximum atomic E-state index is 13.1. The topological polar surface area (TPSA) is 79.4 Å². The predicted octanol–water partition coefficient (Wildman–Crippen LogP) is 4.39. The molecule has 0 atom stereocenters. The number of aromatic nitrogens is 1. The van der Waals surface area contributed by atoms with Crippen LogP contribution in [-0.2, 0) is 21.6 Å². The summed E-state index contributed by atoms with van der Waals surface area (Å²) in [5.74, 6) is -1.23. The third-order valence-corrected chi connectivity index (χ3v) is 5.50. The summed E-state index contributed by atoms with van der Waals surface area (Å²) in [6.45, 7) is 1.58. The van der Waals surface area contributed by atoms with Crippen molar-refractivity contribution in [2.45, 2.75) is 18.9 Å². The third-order valence-electron chi connectivity index (χ3n) is 5.50. The minimum absolute atomic E-state index is 0.337. The van der Waals surface area contributed by atoms with E-state index in [0.29, 0.717) is 16.7 Å². The maximum absolute atomic E-state index is 13.1. The fourth-order valence-corrected chi connectivity index (χ4v) is 3.82. The van der Waals surface area contributed by atoms with Crippen molar-refractivity contribution < 1.29 is 19.4 Å². The van der Waals surface area contributed by atoms with Crippen molar-refractivity contribution in [3.63, 3.8) is 0 Å². The Hall–Kier alpha value is -3.70. The van der Waals surface area contributed by atoms with Crippen LogP contribution in [0, 0.1) is 0 Å². The molecular formula is C26H23NO4. The molecule has 1 heterocycles. The normalized spacial score (nSPS) is 11.4. The first kappa shape index (κ1) is 20.6. The first-order chi connectivity index (χ1) is 15.1. The average Bonchev–Trinajstić information content (AvgIpc) is 3.27. The van der Waals surface area contributed by atoms with Gasteiger partial charge in [-0.1, -0.05) is 85.8 Å². The second kappa shape index (κ2) is 8.58. The molecular weight excluding hydrogens is 390 g/mol. The molecule has 2 N–H and O–H groups in total. The van der Waals surface area contributed by atoms with Crippen LogP contribution in [0.25, 0.3) is 10.9 Å². The van der Waals surface area contributed by atoms with E-state index in [1.54, 1.807) is 66.9 Å². The number of nitrogens with one attached hydrogen (secondary N) is 1. The van der Waals surface area contributed by atoms with Crippen LogP contribution in [-0.4, -0.2) is 28.4 Å². The van der Waals surface area contributed by atoms with Gasteiger partial charge in [-0.05, 0) is 23.1 Å². The molecule has 1 aromatic heterocycles. The second-order valence-corrected chi connectivity index (χ2v) is 7.34. The van der Waals surface area contributed by atoms with Gasteiger partial charge in [-0.15, -0.1) is 0 Å². The molecule has 0 spiro atoms. The van der Waals surface area contributed by atoms with E-state index in [1.807, 2.05) is 25.1 Å². The van der Waals surface area contributed by atoms with Gasteiger partial charge in [0.1, 0.15) is 0 Å². The van der Waals surface area contributed by atoms with Gasteiger partial charge in [0.2, 0.25) is 11.4 Å². The molecule has 0 bridgehead atoms. The summed E-state index contributed by atoms with van der Waals surface area (Å²) in [5, 5.41) is 12.2. The van der Waals surface area contributed by atoms with Gasteiger partial charge in [-0.2, -0.15) is 0 Å². The molecule has 0 unspecified atom stereocenters. The molecule has 5 heteroatoms. The summed E-state index contributed by atoms with van der Waals surface area (Å²) < 4.78 is 5.35. The van der Waals surface area contributed by atoms with E-state index in [9.17, 15) is 14.7 Å². The Kier molecular flexibility index (Phi) is 5.69. The number of hydrogen-bond donors (Lipinski definition) is 2. The molecule has 0 saturated carbocycles. The van der Waals surface area contributed by atoms with Gasteiger partial charge in [0.25, 0.3) is 0 Å².